The number of hydrogen-bond donors (Lipinski definition) is 3. The lowest BCUT2D eigenvalue weighted by Gasteiger charge is -2.20. The van der Waals surface area contributed by atoms with Crippen molar-refractivity contribution in [1.82, 2.24) is 10.6 Å². The summed E-state index contributed by atoms with van der Waals surface area (Å²) in [4.78, 5) is 36.4. The summed E-state index contributed by atoms with van der Waals surface area (Å²) in [7, 11) is 1.47. The first-order chi connectivity index (χ1) is 15.9. The monoisotopic (exact) mass is 452 g/mol. The van der Waals surface area contributed by atoms with Crippen LogP contribution in [0.2, 0.25) is 0 Å². The molecule has 8 heteroatoms. The van der Waals surface area contributed by atoms with Gasteiger partial charge >= 0.3 is 12.1 Å². The van der Waals surface area contributed by atoms with Gasteiger partial charge in [0.1, 0.15) is 12.6 Å². The van der Waals surface area contributed by atoms with Gasteiger partial charge in [-0.05, 0) is 35.1 Å². The number of carboxylic acid groups (broad SMARTS) is 1. The Hall–Kier alpha value is -3.39. The number of fused-ring (bicyclic) bond motifs is 3. The van der Waals surface area contributed by atoms with E-state index in [0.717, 1.165) is 22.3 Å². The van der Waals surface area contributed by atoms with Crippen LogP contribution in [0.4, 0.5) is 4.79 Å². The van der Waals surface area contributed by atoms with Gasteiger partial charge in [0.05, 0.1) is 5.41 Å². The van der Waals surface area contributed by atoms with Crippen molar-refractivity contribution in [2.75, 3.05) is 26.9 Å². The Morgan fingerprint density at radius 3 is 2.21 bits per heavy atom. The molecular formula is C25H28N2O6. The van der Waals surface area contributed by atoms with E-state index in [2.05, 4.69) is 22.8 Å². The van der Waals surface area contributed by atoms with Gasteiger partial charge in [-0.1, -0.05) is 48.5 Å². The van der Waals surface area contributed by atoms with Crippen molar-refractivity contribution in [3.63, 3.8) is 0 Å². The van der Waals surface area contributed by atoms with Gasteiger partial charge in [-0.15, -0.1) is 0 Å². The van der Waals surface area contributed by atoms with Crippen LogP contribution in [0.15, 0.2) is 48.5 Å². The summed E-state index contributed by atoms with van der Waals surface area (Å²) in [5.74, 6) is -1.52. The number of alkyl carbamates (subject to hydrolysis) is 1. The van der Waals surface area contributed by atoms with Crippen LogP contribution in [-0.4, -0.2) is 56.0 Å². The number of amides is 2. The highest BCUT2D eigenvalue weighted by molar-refractivity contribution is 5.90. The summed E-state index contributed by atoms with van der Waals surface area (Å²) in [6, 6.07) is 15.2. The quantitative estimate of drug-likeness (QED) is 0.511. The molecule has 0 bridgehead atoms. The summed E-state index contributed by atoms with van der Waals surface area (Å²) in [5, 5.41) is 14.6. The third-order valence-corrected chi connectivity index (χ3v) is 6.46. The predicted octanol–water partition coefficient (Wildman–Crippen LogP) is 2.91. The van der Waals surface area contributed by atoms with E-state index in [1.165, 1.54) is 7.11 Å². The first kappa shape index (κ1) is 22.8. The minimum absolute atomic E-state index is 0.0431. The Morgan fingerprint density at radius 2 is 1.67 bits per heavy atom. The van der Waals surface area contributed by atoms with Crippen molar-refractivity contribution >= 4 is 18.0 Å². The summed E-state index contributed by atoms with van der Waals surface area (Å²) in [6.45, 7) is 0.519. The molecule has 2 aromatic carbocycles. The number of nitrogens with one attached hydrogen (secondary N) is 2. The second kappa shape index (κ2) is 9.62. The second-order valence-electron chi connectivity index (χ2n) is 8.61. The lowest BCUT2D eigenvalue weighted by atomic mass is 9.98. The van der Waals surface area contributed by atoms with E-state index in [1.807, 2.05) is 36.4 Å². The minimum Gasteiger partial charge on any atom is -0.480 e. The molecule has 0 aromatic heterocycles. The van der Waals surface area contributed by atoms with Gasteiger partial charge in [-0.25, -0.2) is 9.59 Å². The van der Waals surface area contributed by atoms with Crippen LogP contribution in [0, 0.1) is 5.41 Å². The van der Waals surface area contributed by atoms with Crippen molar-refractivity contribution in [2.24, 2.45) is 5.41 Å². The van der Waals surface area contributed by atoms with Gasteiger partial charge in [0.2, 0.25) is 5.91 Å². The van der Waals surface area contributed by atoms with Crippen LogP contribution in [0.1, 0.15) is 36.3 Å². The van der Waals surface area contributed by atoms with E-state index in [4.69, 9.17) is 9.47 Å². The maximum absolute atomic E-state index is 12.7. The van der Waals surface area contributed by atoms with Crippen molar-refractivity contribution < 1.29 is 29.0 Å². The fraction of sp³-hybridized carbons (Fsp3) is 0.400. The smallest absolute Gasteiger partial charge is 0.407 e. The van der Waals surface area contributed by atoms with Gasteiger partial charge in [-0.3, -0.25) is 4.79 Å². The summed E-state index contributed by atoms with van der Waals surface area (Å²) < 4.78 is 10.4. The molecule has 8 nitrogen and oxygen atoms in total. The van der Waals surface area contributed by atoms with Gasteiger partial charge in [0.15, 0.2) is 0 Å². The Labute approximate surface area is 192 Å². The number of benzene rings is 2. The maximum Gasteiger partial charge on any atom is 0.407 e. The molecule has 0 aliphatic heterocycles. The SMILES string of the molecule is COCCC(NC(=O)C1(CNC(=O)OCC2c3ccccc3-c3ccccc32)CC1)C(=O)O. The molecule has 1 unspecified atom stereocenters. The number of hydrogen-bond acceptors (Lipinski definition) is 5. The number of rotatable bonds is 10. The average molecular weight is 453 g/mol. The van der Waals surface area contributed by atoms with E-state index in [1.54, 1.807) is 0 Å². The van der Waals surface area contributed by atoms with Crippen molar-refractivity contribution in [3.05, 3.63) is 59.7 Å². The molecule has 174 valence electrons. The minimum atomic E-state index is -1.11. The molecule has 2 aliphatic rings. The predicted molar refractivity (Wildman–Crippen MR) is 121 cm³/mol. The van der Waals surface area contributed by atoms with Gasteiger partial charge < -0.3 is 25.2 Å². The molecule has 2 amide bonds. The summed E-state index contributed by atoms with van der Waals surface area (Å²) >= 11 is 0. The van der Waals surface area contributed by atoms with Gasteiger partial charge in [0.25, 0.3) is 0 Å². The maximum atomic E-state index is 12.7. The fourth-order valence-electron chi connectivity index (χ4n) is 4.33. The highest BCUT2D eigenvalue weighted by Crippen LogP contribution is 2.46. The number of methoxy groups -OCH3 is 1. The van der Waals surface area contributed by atoms with Crippen molar-refractivity contribution in [2.45, 2.75) is 31.2 Å². The average Bonchev–Trinajstić information content (AvgIpc) is 3.55. The molecule has 3 N–H and O–H groups in total. The molecule has 2 aliphatic carbocycles. The van der Waals surface area contributed by atoms with Crippen LogP contribution in [0.3, 0.4) is 0 Å². The largest absolute Gasteiger partial charge is 0.480 e. The zero-order valence-electron chi connectivity index (χ0n) is 18.5. The number of carbonyl (C=O) groups is 3. The van der Waals surface area contributed by atoms with Gasteiger partial charge in [-0.2, -0.15) is 0 Å². The summed E-state index contributed by atoms with van der Waals surface area (Å²) in [6.07, 6.45) is 0.746. The molecule has 2 aromatic rings. The lowest BCUT2D eigenvalue weighted by Crippen LogP contribution is -2.47. The number of aliphatic carboxylic acids is 1. The van der Waals surface area contributed by atoms with Crippen LogP contribution < -0.4 is 10.6 Å². The molecular weight excluding hydrogens is 424 g/mol. The van der Waals surface area contributed by atoms with E-state index in [-0.39, 0.29) is 38.0 Å². The lowest BCUT2D eigenvalue weighted by molar-refractivity contribution is -0.143. The third kappa shape index (κ3) is 4.85. The van der Waals surface area contributed by atoms with E-state index in [0.29, 0.717) is 12.8 Å². The molecule has 0 heterocycles. The standard InChI is InChI=1S/C25H28N2O6/c1-32-13-10-21(22(28)29)27-23(30)25(11-12-25)15-26-24(31)33-14-20-18-8-4-2-6-16(18)17-7-3-5-9-19(17)20/h2-9,20-21H,10-15H2,1H3,(H,26,31)(H,27,30)(H,28,29). The van der Waals surface area contributed by atoms with Crippen LogP contribution in [0.5, 0.6) is 0 Å². The first-order valence-electron chi connectivity index (χ1n) is 11.1. The normalized spacial score (nSPS) is 16.3. The molecule has 4 rings (SSSR count). The Morgan fingerprint density at radius 1 is 1.06 bits per heavy atom. The van der Waals surface area contributed by atoms with Gasteiger partial charge in [0, 0.05) is 32.6 Å². The third-order valence-electron chi connectivity index (χ3n) is 6.46. The molecule has 33 heavy (non-hydrogen) atoms. The molecule has 0 saturated heterocycles. The molecule has 1 fully saturated rings. The Balaban J connectivity index is 1.31. The molecule has 0 radical (unpaired) electrons. The number of ether oxygens (including phenoxy) is 2. The van der Waals surface area contributed by atoms with E-state index >= 15 is 0 Å². The molecule has 0 spiro atoms. The first-order valence-corrected chi connectivity index (χ1v) is 11.1. The van der Waals surface area contributed by atoms with Crippen LogP contribution in [-0.2, 0) is 19.1 Å². The van der Waals surface area contributed by atoms with Crippen molar-refractivity contribution in [3.8, 4) is 11.1 Å². The topological polar surface area (TPSA) is 114 Å². The zero-order chi connectivity index (χ0) is 23.4. The number of carbonyl (C=O) groups excluding carboxylic acids is 2. The highest BCUT2D eigenvalue weighted by atomic mass is 16.5. The summed E-state index contributed by atoms with van der Waals surface area (Å²) in [5.41, 5.74) is 3.77. The fourth-order valence-corrected chi connectivity index (χ4v) is 4.33. The Bertz CT molecular complexity index is 1000. The zero-order valence-corrected chi connectivity index (χ0v) is 18.5. The van der Waals surface area contributed by atoms with Crippen LogP contribution in [0.25, 0.3) is 11.1 Å². The second-order valence-corrected chi connectivity index (χ2v) is 8.61. The molecule has 1 saturated carbocycles. The van der Waals surface area contributed by atoms with Crippen LogP contribution >= 0.6 is 0 Å². The highest BCUT2D eigenvalue weighted by Gasteiger charge is 2.50. The van der Waals surface area contributed by atoms with E-state index in [9.17, 15) is 19.5 Å². The number of carboxylic acids is 1. The van der Waals surface area contributed by atoms with E-state index < -0.39 is 23.5 Å². The Kier molecular flexibility index (Phi) is 6.65. The molecule has 1 atom stereocenters. The van der Waals surface area contributed by atoms with Crippen molar-refractivity contribution in [1.29, 1.82) is 0 Å².